The monoisotopic (exact) mass is 423 g/mol. The average molecular weight is 423 g/mol. The minimum absolute atomic E-state index is 0.104. The van der Waals surface area contributed by atoms with E-state index in [4.69, 9.17) is 4.98 Å². The van der Waals surface area contributed by atoms with E-state index in [9.17, 15) is 4.39 Å². The summed E-state index contributed by atoms with van der Waals surface area (Å²) in [6, 6.07) is 4.02. The molecule has 0 saturated carbocycles. The average Bonchev–Trinajstić information content (AvgIpc) is 3.42. The predicted octanol–water partition coefficient (Wildman–Crippen LogP) is 5.16. The number of imidazole rings is 1. The molecule has 0 spiro atoms. The van der Waals surface area contributed by atoms with Crippen molar-refractivity contribution in [3.8, 4) is 22.6 Å². The Kier molecular flexibility index (Phi) is 4.17. The normalized spacial score (nSPS) is 16.1. The number of halogens is 1. The third-order valence-electron chi connectivity index (χ3n) is 5.85. The van der Waals surface area contributed by atoms with Crippen LogP contribution in [0.5, 0.6) is 0 Å². The van der Waals surface area contributed by atoms with Crippen LogP contribution in [0, 0.1) is 6.92 Å². The van der Waals surface area contributed by atoms with Gasteiger partial charge in [0.25, 0.3) is 0 Å². The van der Waals surface area contributed by atoms with E-state index in [0.29, 0.717) is 17.9 Å². The summed E-state index contributed by atoms with van der Waals surface area (Å²) in [4.78, 5) is 21.3. The molecule has 0 aromatic carbocycles. The lowest BCUT2D eigenvalue weighted by molar-refractivity contribution is 0.565. The second-order valence-corrected chi connectivity index (χ2v) is 7.90. The molecule has 1 unspecified atom stereocenters. The summed E-state index contributed by atoms with van der Waals surface area (Å²) in [6.07, 6.45) is 14.4. The van der Waals surface area contributed by atoms with Crippen molar-refractivity contribution in [1.82, 2.24) is 35.1 Å². The van der Waals surface area contributed by atoms with E-state index >= 15 is 0 Å². The van der Waals surface area contributed by atoms with Gasteiger partial charge in [0.05, 0.1) is 22.6 Å². The highest BCUT2D eigenvalue weighted by Gasteiger charge is 2.20. The lowest BCUT2D eigenvalue weighted by atomic mass is 9.92. The highest BCUT2D eigenvalue weighted by atomic mass is 19.1. The summed E-state index contributed by atoms with van der Waals surface area (Å²) >= 11 is 0. The van der Waals surface area contributed by atoms with Gasteiger partial charge >= 0.3 is 0 Å². The van der Waals surface area contributed by atoms with Crippen LogP contribution < -0.4 is 0 Å². The Morgan fingerprint density at radius 1 is 1.12 bits per heavy atom. The number of aromatic amines is 2. The lowest BCUT2D eigenvalue weighted by Gasteiger charge is -2.14. The molecule has 1 aliphatic rings. The molecule has 7 nitrogen and oxygen atoms in total. The maximum Gasteiger partial charge on any atom is 0.181 e. The molecule has 0 bridgehead atoms. The Morgan fingerprint density at radius 3 is 2.94 bits per heavy atom. The van der Waals surface area contributed by atoms with Crippen LogP contribution in [0.2, 0.25) is 0 Å². The minimum atomic E-state index is -0.144. The third-order valence-corrected chi connectivity index (χ3v) is 5.85. The van der Waals surface area contributed by atoms with Crippen molar-refractivity contribution in [3.05, 3.63) is 78.3 Å². The molecule has 1 aliphatic carbocycles. The van der Waals surface area contributed by atoms with E-state index < -0.39 is 0 Å². The molecule has 0 fully saturated rings. The molecule has 5 aromatic heterocycles. The number of fused-ring (bicyclic) bond motifs is 2. The fraction of sp³-hybridized carbons (Fsp3) is 0.125. The van der Waals surface area contributed by atoms with Gasteiger partial charge in [-0.05, 0) is 30.7 Å². The first-order valence-corrected chi connectivity index (χ1v) is 10.3. The van der Waals surface area contributed by atoms with Crippen LogP contribution in [0.25, 0.3) is 44.7 Å². The van der Waals surface area contributed by atoms with Gasteiger partial charge in [-0.15, -0.1) is 0 Å². The van der Waals surface area contributed by atoms with Gasteiger partial charge in [-0.2, -0.15) is 5.10 Å². The molecule has 6 rings (SSSR count). The number of pyridine rings is 3. The number of hydrogen-bond acceptors (Lipinski definition) is 5. The van der Waals surface area contributed by atoms with Crippen LogP contribution in [0.4, 0.5) is 4.39 Å². The molecule has 0 saturated heterocycles. The van der Waals surface area contributed by atoms with Crippen LogP contribution in [-0.4, -0.2) is 35.1 Å². The molecule has 1 atom stereocenters. The van der Waals surface area contributed by atoms with Gasteiger partial charge in [0.15, 0.2) is 11.5 Å². The van der Waals surface area contributed by atoms with Crippen LogP contribution in [0.1, 0.15) is 23.5 Å². The van der Waals surface area contributed by atoms with Crippen LogP contribution in [-0.2, 0) is 0 Å². The summed E-state index contributed by atoms with van der Waals surface area (Å²) in [5.41, 5.74) is 6.88. The molecule has 0 radical (unpaired) electrons. The van der Waals surface area contributed by atoms with E-state index in [2.05, 4.69) is 30.1 Å². The van der Waals surface area contributed by atoms with Gasteiger partial charge < -0.3 is 4.98 Å². The molecule has 0 amide bonds. The number of allylic oxidation sites excluding steroid dienone is 4. The fourth-order valence-electron chi connectivity index (χ4n) is 4.19. The number of hydrogen-bond donors (Lipinski definition) is 2. The van der Waals surface area contributed by atoms with Gasteiger partial charge in [0.1, 0.15) is 11.5 Å². The maximum atomic E-state index is 13.9. The van der Waals surface area contributed by atoms with Gasteiger partial charge in [0, 0.05) is 53.8 Å². The molecule has 2 N–H and O–H groups in total. The number of rotatable bonds is 3. The zero-order valence-corrected chi connectivity index (χ0v) is 17.2. The number of aryl methyl sites for hydroxylation is 1. The van der Waals surface area contributed by atoms with Gasteiger partial charge in [0.2, 0.25) is 0 Å². The van der Waals surface area contributed by atoms with Crippen molar-refractivity contribution in [3.63, 3.8) is 0 Å². The van der Waals surface area contributed by atoms with E-state index in [1.54, 1.807) is 30.9 Å². The Labute approximate surface area is 182 Å². The molecule has 8 heteroatoms. The number of nitrogens with zero attached hydrogens (tertiary/aromatic N) is 5. The molecule has 32 heavy (non-hydrogen) atoms. The van der Waals surface area contributed by atoms with Gasteiger partial charge in [-0.25, -0.2) is 14.4 Å². The zero-order chi connectivity index (χ0) is 21.7. The second kappa shape index (κ2) is 7.19. The van der Waals surface area contributed by atoms with Crippen LogP contribution >= 0.6 is 0 Å². The molecular formula is C24H18FN7. The Hall–Kier alpha value is -4.20. The standard InChI is InChI=1S/C24H18FN7/c1-13-5-6-26-10-18(13)15-8-17-22(31-32-23(17)28-9-15)24-29-20-12-27-11-19(21(20)30-24)14-3-2-4-16(25)7-14/h2-6,8-12,14H,7H2,1H3,(H,29,30)(H,28,31,32). The van der Waals surface area contributed by atoms with E-state index in [0.717, 1.165) is 44.4 Å². The molecule has 5 aromatic rings. The quantitative estimate of drug-likeness (QED) is 0.418. The number of aromatic nitrogens is 7. The summed E-state index contributed by atoms with van der Waals surface area (Å²) in [6.45, 7) is 2.04. The SMILES string of the molecule is Cc1ccncc1-c1cnc2n[nH]c(-c3nc4c(C5C=CC=C(F)C5)cncc4[nH]3)c2c1. The van der Waals surface area contributed by atoms with E-state index in [1.807, 2.05) is 31.3 Å². The van der Waals surface area contributed by atoms with E-state index in [-0.39, 0.29) is 11.7 Å². The number of nitrogens with one attached hydrogen (secondary N) is 2. The maximum absolute atomic E-state index is 13.9. The minimum Gasteiger partial charge on any atom is -0.335 e. The first kappa shape index (κ1) is 18.6. The second-order valence-electron chi connectivity index (χ2n) is 7.90. The van der Waals surface area contributed by atoms with Gasteiger partial charge in [-0.1, -0.05) is 12.2 Å². The number of H-pyrrole nitrogens is 2. The Balaban J connectivity index is 1.48. The van der Waals surface area contributed by atoms with Gasteiger partial charge in [-0.3, -0.25) is 15.1 Å². The third kappa shape index (κ3) is 2.99. The highest BCUT2D eigenvalue weighted by molar-refractivity contribution is 5.94. The van der Waals surface area contributed by atoms with E-state index in [1.165, 1.54) is 6.08 Å². The van der Waals surface area contributed by atoms with Crippen molar-refractivity contribution < 1.29 is 4.39 Å². The molecule has 0 aliphatic heterocycles. The van der Waals surface area contributed by atoms with Crippen molar-refractivity contribution >= 4 is 22.1 Å². The smallest absolute Gasteiger partial charge is 0.181 e. The van der Waals surface area contributed by atoms with Crippen molar-refractivity contribution in [2.45, 2.75) is 19.3 Å². The summed E-state index contributed by atoms with van der Waals surface area (Å²) in [5.74, 6) is 0.385. The molecular weight excluding hydrogens is 405 g/mol. The first-order valence-electron chi connectivity index (χ1n) is 10.3. The molecule has 5 heterocycles. The first-order chi connectivity index (χ1) is 15.7. The Bertz CT molecular complexity index is 1540. The molecule has 156 valence electrons. The zero-order valence-electron chi connectivity index (χ0n) is 17.2. The highest BCUT2D eigenvalue weighted by Crippen LogP contribution is 2.34. The summed E-state index contributed by atoms with van der Waals surface area (Å²) < 4.78 is 13.9. The lowest BCUT2D eigenvalue weighted by Crippen LogP contribution is -2.00. The van der Waals surface area contributed by atoms with Crippen LogP contribution in [0.15, 0.2) is 67.2 Å². The van der Waals surface area contributed by atoms with Crippen LogP contribution in [0.3, 0.4) is 0 Å². The largest absolute Gasteiger partial charge is 0.335 e. The summed E-state index contributed by atoms with van der Waals surface area (Å²) in [7, 11) is 0. The fourth-order valence-corrected chi connectivity index (χ4v) is 4.19. The van der Waals surface area contributed by atoms with Crippen molar-refractivity contribution in [2.24, 2.45) is 0 Å². The van der Waals surface area contributed by atoms with Crippen molar-refractivity contribution in [1.29, 1.82) is 0 Å². The van der Waals surface area contributed by atoms with Crippen molar-refractivity contribution in [2.75, 3.05) is 0 Å². The Morgan fingerprint density at radius 2 is 2.06 bits per heavy atom. The predicted molar refractivity (Wildman–Crippen MR) is 120 cm³/mol. The topological polar surface area (TPSA) is 96.0 Å². The summed E-state index contributed by atoms with van der Waals surface area (Å²) in [5, 5.41) is 8.27.